The Kier molecular flexibility index (Phi) is 2.23. The summed E-state index contributed by atoms with van der Waals surface area (Å²) < 4.78 is 0. The lowest BCUT2D eigenvalue weighted by atomic mass is 10.3. The maximum Gasteiger partial charge on any atom is 0.149 e. The molecule has 1 fully saturated rings. The molecule has 14 heavy (non-hydrogen) atoms. The Hall–Kier alpha value is -1.76. The zero-order valence-corrected chi connectivity index (χ0v) is 7.83. The molecule has 0 aromatic carbocycles. The summed E-state index contributed by atoms with van der Waals surface area (Å²) in [5.74, 6) is 1.47. The average Bonchev–Trinajstić information content (AvgIpc) is 2.99. The number of nitrogens with two attached hydrogens (primary N) is 1. The number of hydrogen-bond acceptors (Lipinski definition) is 4. The fourth-order valence-corrected chi connectivity index (χ4v) is 1.25. The van der Waals surface area contributed by atoms with Crippen LogP contribution in [-0.4, -0.2) is 11.5 Å². The topological polar surface area (TPSA) is 74.7 Å². The number of nitriles is 1. The molecule has 3 N–H and O–H groups in total. The van der Waals surface area contributed by atoms with E-state index in [9.17, 15) is 0 Å². The Morgan fingerprint density at radius 1 is 1.64 bits per heavy atom. The van der Waals surface area contributed by atoms with Gasteiger partial charge in [0.15, 0.2) is 0 Å². The summed E-state index contributed by atoms with van der Waals surface area (Å²) in [6, 6.07) is 3.64. The molecule has 4 nitrogen and oxygen atoms in total. The minimum Gasteiger partial charge on any atom is -0.396 e. The number of nitrogens with one attached hydrogen (secondary N) is 1. The molecule has 4 heteroatoms. The second-order valence-electron chi connectivity index (χ2n) is 3.60. The van der Waals surface area contributed by atoms with Gasteiger partial charge in [-0.05, 0) is 24.8 Å². The van der Waals surface area contributed by atoms with Crippen LogP contribution in [-0.2, 0) is 0 Å². The van der Waals surface area contributed by atoms with Gasteiger partial charge < -0.3 is 11.1 Å². The molecule has 1 saturated carbocycles. The number of pyridine rings is 1. The van der Waals surface area contributed by atoms with Crippen molar-refractivity contribution in [2.45, 2.75) is 12.8 Å². The zero-order chi connectivity index (χ0) is 9.97. The van der Waals surface area contributed by atoms with E-state index in [4.69, 9.17) is 11.0 Å². The van der Waals surface area contributed by atoms with Crippen molar-refractivity contribution in [2.75, 3.05) is 17.6 Å². The van der Waals surface area contributed by atoms with Crippen LogP contribution in [0.3, 0.4) is 0 Å². The molecule has 0 atom stereocenters. The fourth-order valence-electron chi connectivity index (χ4n) is 1.25. The van der Waals surface area contributed by atoms with Crippen molar-refractivity contribution in [3.05, 3.63) is 17.8 Å². The lowest BCUT2D eigenvalue weighted by Crippen LogP contribution is -2.07. The maximum atomic E-state index is 8.62. The molecule has 0 aliphatic heterocycles. The van der Waals surface area contributed by atoms with E-state index < -0.39 is 0 Å². The van der Waals surface area contributed by atoms with Crippen LogP contribution in [0, 0.1) is 17.2 Å². The molecule has 1 aromatic heterocycles. The summed E-state index contributed by atoms with van der Waals surface area (Å²) in [5, 5.41) is 11.8. The Morgan fingerprint density at radius 2 is 2.43 bits per heavy atom. The Balaban J connectivity index is 2.05. The van der Waals surface area contributed by atoms with Crippen LogP contribution >= 0.6 is 0 Å². The first-order valence-corrected chi connectivity index (χ1v) is 4.69. The third-order valence-electron chi connectivity index (χ3n) is 2.30. The van der Waals surface area contributed by atoms with E-state index in [-0.39, 0.29) is 0 Å². The number of aromatic nitrogens is 1. The van der Waals surface area contributed by atoms with E-state index in [1.54, 1.807) is 6.07 Å². The summed E-state index contributed by atoms with van der Waals surface area (Å²) in [4.78, 5) is 4.09. The molecule has 0 unspecified atom stereocenters. The Bertz CT molecular complexity index is 376. The van der Waals surface area contributed by atoms with Gasteiger partial charge in [-0.25, -0.2) is 4.98 Å². The van der Waals surface area contributed by atoms with Gasteiger partial charge in [0.05, 0.1) is 11.3 Å². The quantitative estimate of drug-likeness (QED) is 0.751. The Morgan fingerprint density at radius 3 is 3.00 bits per heavy atom. The highest BCUT2D eigenvalue weighted by Gasteiger charge is 2.21. The third kappa shape index (κ3) is 1.94. The lowest BCUT2D eigenvalue weighted by Gasteiger charge is -2.06. The van der Waals surface area contributed by atoms with Crippen LogP contribution in [0.1, 0.15) is 18.4 Å². The van der Waals surface area contributed by atoms with E-state index >= 15 is 0 Å². The van der Waals surface area contributed by atoms with E-state index in [0.717, 1.165) is 12.5 Å². The normalized spacial score (nSPS) is 14.8. The number of nitrogens with zero attached hydrogens (tertiary/aromatic N) is 2. The predicted molar refractivity (Wildman–Crippen MR) is 54.6 cm³/mol. The number of nitrogen functional groups attached to an aromatic ring is 1. The standard InChI is InChI=1S/C10H12N4/c11-4-8-3-9(12)10(14-6-8)13-5-7-1-2-7/h3,6-7H,1-2,5,12H2,(H,13,14). The fraction of sp³-hybridized carbons (Fsp3) is 0.400. The van der Waals surface area contributed by atoms with E-state index in [2.05, 4.69) is 10.3 Å². The van der Waals surface area contributed by atoms with Crippen molar-refractivity contribution in [3.8, 4) is 6.07 Å². The summed E-state index contributed by atoms with van der Waals surface area (Å²) in [6.45, 7) is 0.934. The minimum atomic E-state index is 0.500. The maximum absolute atomic E-state index is 8.62. The van der Waals surface area contributed by atoms with Gasteiger partial charge >= 0.3 is 0 Å². The average molecular weight is 188 g/mol. The van der Waals surface area contributed by atoms with Gasteiger partial charge in [-0.2, -0.15) is 5.26 Å². The Labute approximate surface area is 82.8 Å². The molecular formula is C10H12N4. The van der Waals surface area contributed by atoms with Crippen LogP contribution < -0.4 is 11.1 Å². The first kappa shape index (κ1) is 8.82. The summed E-state index contributed by atoms with van der Waals surface area (Å²) in [7, 11) is 0. The molecule has 0 amide bonds. The van der Waals surface area contributed by atoms with Gasteiger partial charge in [0.1, 0.15) is 11.9 Å². The SMILES string of the molecule is N#Cc1cnc(NCC2CC2)c(N)c1. The van der Waals surface area contributed by atoms with Gasteiger partial charge in [-0.3, -0.25) is 0 Å². The largest absolute Gasteiger partial charge is 0.396 e. The molecule has 1 heterocycles. The summed E-state index contributed by atoms with van der Waals surface area (Å²) in [5.41, 5.74) is 6.77. The molecule has 0 saturated heterocycles. The summed E-state index contributed by atoms with van der Waals surface area (Å²) in [6.07, 6.45) is 4.12. The van der Waals surface area contributed by atoms with Crippen molar-refractivity contribution >= 4 is 11.5 Å². The molecule has 72 valence electrons. The van der Waals surface area contributed by atoms with Crippen molar-refractivity contribution in [1.29, 1.82) is 5.26 Å². The highest BCUT2D eigenvalue weighted by molar-refractivity contribution is 5.63. The molecular weight excluding hydrogens is 176 g/mol. The van der Waals surface area contributed by atoms with Gasteiger partial charge in [0, 0.05) is 12.7 Å². The number of hydrogen-bond donors (Lipinski definition) is 2. The van der Waals surface area contributed by atoms with Crippen molar-refractivity contribution in [3.63, 3.8) is 0 Å². The summed E-state index contributed by atoms with van der Waals surface area (Å²) >= 11 is 0. The van der Waals surface area contributed by atoms with E-state index in [1.165, 1.54) is 19.0 Å². The van der Waals surface area contributed by atoms with Crippen LogP contribution in [0.5, 0.6) is 0 Å². The molecule has 1 aromatic rings. The van der Waals surface area contributed by atoms with Crippen LogP contribution in [0.15, 0.2) is 12.3 Å². The van der Waals surface area contributed by atoms with E-state index in [1.807, 2.05) is 6.07 Å². The third-order valence-corrected chi connectivity index (χ3v) is 2.30. The molecule has 1 aliphatic rings. The van der Waals surface area contributed by atoms with Crippen molar-refractivity contribution < 1.29 is 0 Å². The van der Waals surface area contributed by atoms with Crippen LogP contribution in [0.4, 0.5) is 11.5 Å². The second-order valence-corrected chi connectivity index (χ2v) is 3.60. The molecule has 0 spiro atoms. The highest BCUT2D eigenvalue weighted by Crippen LogP contribution is 2.29. The highest BCUT2D eigenvalue weighted by atomic mass is 15.0. The van der Waals surface area contributed by atoms with E-state index in [0.29, 0.717) is 17.1 Å². The van der Waals surface area contributed by atoms with Gasteiger partial charge in [-0.15, -0.1) is 0 Å². The zero-order valence-electron chi connectivity index (χ0n) is 7.83. The van der Waals surface area contributed by atoms with Crippen LogP contribution in [0.2, 0.25) is 0 Å². The van der Waals surface area contributed by atoms with Gasteiger partial charge in [-0.1, -0.05) is 0 Å². The van der Waals surface area contributed by atoms with Crippen LogP contribution in [0.25, 0.3) is 0 Å². The number of rotatable bonds is 3. The molecule has 0 radical (unpaired) electrons. The van der Waals surface area contributed by atoms with Crippen molar-refractivity contribution in [2.24, 2.45) is 5.92 Å². The smallest absolute Gasteiger partial charge is 0.149 e. The lowest BCUT2D eigenvalue weighted by molar-refractivity contribution is 0.883. The van der Waals surface area contributed by atoms with Crippen molar-refractivity contribution in [1.82, 2.24) is 4.98 Å². The minimum absolute atomic E-state index is 0.500. The second kappa shape index (κ2) is 3.54. The first-order chi connectivity index (χ1) is 6.79. The number of anilines is 2. The molecule has 0 bridgehead atoms. The monoisotopic (exact) mass is 188 g/mol. The van der Waals surface area contributed by atoms with Gasteiger partial charge in [0.25, 0.3) is 0 Å². The van der Waals surface area contributed by atoms with Gasteiger partial charge in [0.2, 0.25) is 0 Å². The predicted octanol–water partition coefficient (Wildman–Crippen LogP) is 1.36. The molecule has 2 rings (SSSR count). The molecule has 1 aliphatic carbocycles. The first-order valence-electron chi connectivity index (χ1n) is 4.69.